The van der Waals surface area contributed by atoms with Crippen LogP contribution >= 0.6 is 0 Å². The highest BCUT2D eigenvalue weighted by molar-refractivity contribution is 5.47. The normalized spacial score (nSPS) is 10.7. The SMILES string of the molecule is COc1ccc(CCc2ncc(Cc3ccc(OC)c(OC)c3)cc2Cc2ccc(OC)c(OC)c2)cc1OC. The van der Waals surface area contributed by atoms with Crippen molar-refractivity contribution in [2.75, 3.05) is 42.7 Å². The molecule has 0 atom stereocenters. The lowest BCUT2D eigenvalue weighted by Gasteiger charge is -2.15. The number of rotatable bonds is 13. The van der Waals surface area contributed by atoms with Gasteiger partial charge >= 0.3 is 0 Å². The molecule has 40 heavy (non-hydrogen) atoms. The van der Waals surface area contributed by atoms with Crippen molar-refractivity contribution in [3.8, 4) is 34.5 Å². The molecule has 7 heteroatoms. The van der Waals surface area contributed by atoms with Crippen LogP contribution in [0.5, 0.6) is 34.5 Å². The Hall–Kier alpha value is -4.39. The number of hydrogen-bond acceptors (Lipinski definition) is 7. The van der Waals surface area contributed by atoms with Crippen LogP contribution in [0.15, 0.2) is 66.9 Å². The lowest BCUT2D eigenvalue weighted by atomic mass is 9.96. The molecule has 0 aliphatic carbocycles. The maximum atomic E-state index is 5.55. The van der Waals surface area contributed by atoms with Crippen molar-refractivity contribution < 1.29 is 28.4 Å². The standard InChI is InChI=1S/C33H37NO6/c1-35-28-12-8-22(18-31(28)38-4)7-11-27-26(16-24-10-14-30(37-3)33(20-24)40-6)17-25(21-34-27)15-23-9-13-29(36-2)32(19-23)39-5/h8-10,12-14,17-21H,7,11,15-16H2,1-6H3. The fraction of sp³-hybridized carbons (Fsp3) is 0.303. The number of benzene rings is 3. The van der Waals surface area contributed by atoms with E-state index in [1.54, 1.807) is 42.7 Å². The van der Waals surface area contributed by atoms with E-state index in [1.165, 1.54) is 5.56 Å². The molecule has 210 valence electrons. The van der Waals surface area contributed by atoms with Gasteiger partial charge < -0.3 is 28.4 Å². The summed E-state index contributed by atoms with van der Waals surface area (Å²) in [6, 6.07) is 20.3. The Morgan fingerprint density at radius 3 is 1.40 bits per heavy atom. The zero-order valence-corrected chi connectivity index (χ0v) is 24.1. The Bertz CT molecular complexity index is 1430. The van der Waals surface area contributed by atoms with Gasteiger partial charge in [-0.25, -0.2) is 0 Å². The largest absolute Gasteiger partial charge is 0.493 e. The van der Waals surface area contributed by atoms with Crippen molar-refractivity contribution in [1.82, 2.24) is 4.98 Å². The van der Waals surface area contributed by atoms with Crippen molar-refractivity contribution in [1.29, 1.82) is 0 Å². The predicted molar refractivity (Wildman–Crippen MR) is 156 cm³/mol. The summed E-state index contributed by atoms with van der Waals surface area (Å²) in [6.07, 6.45) is 5.02. The van der Waals surface area contributed by atoms with E-state index in [9.17, 15) is 0 Å². The van der Waals surface area contributed by atoms with Gasteiger partial charge in [0, 0.05) is 11.9 Å². The summed E-state index contributed by atoms with van der Waals surface area (Å²) in [5, 5.41) is 0. The molecule has 3 aromatic carbocycles. The van der Waals surface area contributed by atoms with Gasteiger partial charge in [-0.2, -0.15) is 0 Å². The van der Waals surface area contributed by atoms with Crippen molar-refractivity contribution >= 4 is 0 Å². The minimum absolute atomic E-state index is 0.709. The van der Waals surface area contributed by atoms with E-state index in [0.29, 0.717) is 29.4 Å². The molecule has 0 bridgehead atoms. The van der Waals surface area contributed by atoms with E-state index in [2.05, 4.69) is 24.3 Å². The van der Waals surface area contributed by atoms with Crippen molar-refractivity contribution in [2.24, 2.45) is 0 Å². The maximum Gasteiger partial charge on any atom is 0.160 e. The van der Waals surface area contributed by atoms with Crippen molar-refractivity contribution in [2.45, 2.75) is 25.7 Å². The summed E-state index contributed by atoms with van der Waals surface area (Å²) in [5.74, 6) is 4.29. The third-order valence-corrected chi connectivity index (χ3v) is 6.91. The molecule has 0 saturated carbocycles. The lowest BCUT2D eigenvalue weighted by molar-refractivity contribution is 0.354. The van der Waals surface area contributed by atoms with Crippen LogP contribution in [-0.4, -0.2) is 47.6 Å². The molecule has 0 radical (unpaired) electrons. The first kappa shape index (κ1) is 28.6. The quantitative estimate of drug-likeness (QED) is 0.202. The summed E-state index contributed by atoms with van der Waals surface area (Å²) in [6.45, 7) is 0. The smallest absolute Gasteiger partial charge is 0.160 e. The van der Waals surface area contributed by atoms with Gasteiger partial charge in [-0.15, -0.1) is 0 Å². The second-order valence-corrected chi connectivity index (χ2v) is 9.37. The Morgan fingerprint density at radius 2 is 0.900 bits per heavy atom. The fourth-order valence-electron chi connectivity index (χ4n) is 4.80. The van der Waals surface area contributed by atoms with E-state index in [1.807, 2.05) is 42.6 Å². The minimum Gasteiger partial charge on any atom is -0.493 e. The summed E-state index contributed by atoms with van der Waals surface area (Å²) >= 11 is 0. The van der Waals surface area contributed by atoms with E-state index in [0.717, 1.165) is 58.7 Å². The average Bonchev–Trinajstić information content (AvgIpc) is 3.00. The van der Waals surface area contributed by atoms with E-state index in [4.69, 9.17) is 33.4 Å². The van der Waals surface area contributed by atoms with Crippen LogP contribution in [0.4, 0.5) is 0 Å². The number of pyridine rings is 1. The third kappa shape index (κ3) is 6.78. The van der Waals surface area contributed by atoms with E-state index >= 15 is 0 Å². The van der Waals surface area contributed by atoms with Crippen LogP contribution in [0.2, 0.25) is 0 Å². The predicted octanol–water partition coefficient (Wildman–Crippen LogP) is 6.10. The zero-order chi connectivity index (χ0) is 28.5. The number of hydrogen-bond donors (Lipinski definition) is 0. The van der Waals surface area contributed by atoms with Crippen LogP contribution in [0.25, 0.3) is 0 Å². The number of nitrogens with zero attached hydrogens (tertiary/aromatic N) is 1. The van der Waals surface area contributed by atoms with Crippen molar-refractivity contribution in [3.05, 3.63) is 100 Å². The average molecular weight is 544 g/mol. The van der Waals surface area contributed by atoms with E-state index < -0.39 is 0 Å². The molecular weight excluding hydrogens is 506 g/mol. The Balaban J connectivity index is 1.63. The van der Waals surface area contributed by atoms with Crippen LogP contribution in [0.3, 0.4) is 0 Å². The highest BCUT2D eigenvalue weighted by Crippen LogP contribution is 2.31. The van der Waals surface area contributed by atoms with Gasteiger partial charge in [-0.1, -0.05) is 24.3 Å². The number of aryl methyl sites for hydroxylation is 2. The molecule has 7 nitrogen and oxygen atoms in total. The molecule has 1 aromatic heterocycles. The van der Waals surface area contributed by atoms with Crippen LogP contribution in [0, 0.1) is 0 Å². The van der Waals surface area contributed by atoms with E-state index in [-0.39, 0.29) is 0 Å². The minimum atomic E-state index is 0.709. The molecule has 0 aliphatic heterocycles. The first-order valence-corrected chi connectivity index (χ1v) is 13.1. The lowest BCUT2D eigenvalue weighted by Crippen LogP contribution is -2.04. The van der Waals surface area contributed by atoms with Gasteiger partial charge in [0.15, 0.2) is 34.5 Å². The van der Waals surface area contributed by atoms with Gasteiger partial charge in [-0.3, -0.25) is 4.98 Å². The molecule has 0 unspecified atom stereocenters. The highest BCUT2D eigenvalue weighted by Gasteiger charge is 2.13. The Labute approximate surface area is 236 Å². The van der Waals surface area contributed by atoms with Gasteiger partial charge in [0.05, 0.1) is 42.7 Å². The highest BCUT2D eigenvalue weighted by atomic mass is 16.5. The molecule has 0 saturated heterocycles. The molecule has 4 rings (SSSR count). The zero-order valence-electron chi connectivity index (χ0n) is 24.1. The van der Waals surface area contributed by atoms with Crippen molar-refractivity contribution in [3.63, 3.8) is 0 Å². The summed E-state index contributed by atoms with van der Waals surface area (Å²) in [7, 11) is 9.89. The number of aromatic nitrogens is 1. The molecule has 1 heterocycles. The maximum absolute atomic E-state index is 5.55. The monoisotopic (exact) mass is 543 g/mol. The van der Waals surface area contributed by atoms with Gasteiger partial charge in [0.25, 0.3) is 0 Å². The third-order valence-electron chi connectivity index (χ3n) is 6.91. The molecule has 0 N–H and O–H groups in total. The van der Waals surface area contributed by atoms with Crippen LogP contribution in [-0.2, 0) is 25.7 Å². The Kier molecular flexibility index (Phi) is 9.73. The Morgan fingerprint density at radius 1 is 0.450 bits per heavy atom. The first-order chi connectivity index (χ1) is 19.5. The molecular formula is C33H37NO6. The summed E-state index contributed by atoms with van der Waals surface area (Å²) < 4.78 is 32.8. The second-order valence-electron chi connectivity index (χ2n) is 9.37. The van der Waals surface area contributed by atoms with Crippen LogP contribution < -0.4 is 28.4 Å². The van der Waals surface area contributed by atoms with Gasteiger partial charge in [0.2, 0.25) is 0 Å². The van der Waals surface area contributed by atoms with Crippen LogP contribution in [0.1, 0.15) is 33.5 Å². The first-order valence-electron chi connectivity index (χ1n) is 13.1. The number of ether oxygens (including phenoxy) is 6. The van der Waals surface area contributed by atoms with Gasteiger partial charge in [-0.05, 0) is 89.9 Å². The molecule has 0 fully saturated rings. The molecule has 0 amide bonds. The topological polar surface area (TPSA) is 68.3 Å². The van der Waals surface area contributed by atoms with Gasteiger partial charge in [0.1, 0.15) is 0 Å². The molecule has 0 spiro atoms. The molecule has 0 aliphatic rings. The fourth-order valence-corrected chi connectivity index (χ4v) is 4.80. The second kappa shape index (κ2) is 13.6. The summed E-state index contributed by atoms with van der Waals surface area (Å²) in [4.78, 5) is 4.95. The summed E-state index contributed by atoms with van der Waals surface area (Å²) in [5.41, 5.74) is 6.75. The number of methoxy groups -OCH3 is 6. The molecule has 4 aromatic rings.